The molecule has 8 nitrogen and oxygen atoms in total. The molecule has 0 bridgehead atoms. The first kappa shape index (κ1) is 18.1. The Morgan fingerprint density at radius 2 is 1.86 bits per heavy atom. The van der Waals surface area contributed by atoms with E-state index in [0.29, 0.717) is 26.2 Å². The molecule has 0 radical (unpaired) electrons. The molecule has 1 heterocycles. The van der Waals surface area contributed by atoms with Gasteiger partial charge < -0.3 is 9.47 Å². The van der Waals surface area contributed by atoms with E-state index < -0.39 is 24.1 Å². The van der Waals surface area contributed by atoms with Crippen LogP contribution < -0.4 is 0 Å². The van der Waals surface area contributed by atoms with E-state index in [2.05, 4.69) is 10.0 Å². The predicted molar refractivity (Wildman–Crippen MR) is 80.2 cm³/mol. The van der Waals surface area contributed by atoms with Gasteiger partial charge in [-0.05, 0) is 24.8 Å². The van der Waals surface area contributed by atoms with Crippen molar-refractivity contribution in [2.24, 2.45) is 5.11 Å². The fraction of sp³-hybridized carbons (Fsp3) is 0.857. The molecule has 1 amide bonds. The number of amides is 1. The Hall–Kier alpha value is -1.95. The minimum Gasteiger partial charge on any atom is -0.464 e. The number of hydrogen-bond acceptors (Lipinski definition) is 5. The van der Waals surface area contributed by atoms with Crippen molar-refractivity contribution in [1.29, 1.82) is 0 Å². The summed E-state index contributed by atoms with van der Waals surface area (Å²) in [5.41, 5.74) is 8.61. The van der Waals surface area contributed by atoms with Crippen LogP contribution in [0.4, 0.5) is 4.79 Å². The Morgan fingerprint density at radius 3 is 2.45 bits per heavy atom. The highest BCUT2D eigenvalue weighted by Crippen LogP contribution is 2.23. The zero-order valence-electron chi connectivity index (χ0n) is 13.2. The summed E-state index contributed by atoms with van der Waals surface area (Å²) in [6, 6.07) is -1.49. The molecule has 1 saturated heterocycles. The van der Waals surface area contributed by atoms with Gasteiger partial charge in [-0.15, -0.1) is 0 Å². The first-order valence-corrected chi connectivity index (χ1v) is 7.79. The molecule has 1 fully saturated rings. The Bertz CT molecular complexity index is 423. The van der Waals surface area contributed by atoms with Crippen molar-refractivity contribution in [3.05, 3.63) is 10.4 Å². The van der Waals surface area contributed by atoms with Crippen LogP contribution in [-0.4, -0.2) is 48.8 Å². The number of likely N-dealkylation sites (tertiary alicyclic amines) is 1. The second kappa shape index (κ2) is 9.89. The highest BCUT2D eigenvalue weighted by molar-refractivity contribution is 5.83. The van der Waals surface area contributed by atoms with Gasteiger partial charge in [0.2, 0.25) is 0 Å². The van der Waals surface area contributed by atoms with Crippen molar-refractivity contribution in [2.75, 3.05) is 19.8 Å². The lowest BCUT2D eigenvalue weighted by Gasteiger charge is -2.24. The van der Waals surface area contributed by atoms with Gasteiger partial charge in [0.1, 0.15) is 6.04 Å². The van der Waals surface area contributed by atoms with Crippen molar-refractivity contribution in [3.8, 4) is 0 Å². The van der Waals surface area contributed by atoms with Crippen molar-refractivity contribution in [2.45, 2.75) is 58.0 Å². The molecule has 124 valence electrons. The van der Waals surface area contributed by atoms with Crippen molar-refractivity contribution >= 4 is 12.1 Å². The molecular formula is C14H24N4O4. The minimum absolute atomic E-state index is 0.299. The lowest BCUT2D eigenvalue weighted by Crippen LogP contribution is -2.45. The summed E-state index contributed by atoms with van der Waals surface area (Å²) >= 11 is 0. The summed E-state index contributed by atoms with van der Waals surface area (Å²) in [7, 11) is 0. The molecule has 0 aromatic heterocycles. The Labute approximate surface area is 130 Å². The molecule has 1 aliphatic heterocycles. The largest absolute Gasteiger partial charge is 0.464 e. The maximum atomic E-state index is 12.2. The lowest BCUT2D eigenvalue weighted by molar-refractivity contribution is -0.149. The third kappa shape index (κ3) is 5.11. The first-order chi connectivity index (χ1) is 10.7. The molecule has 1 rings (SSSR count). The number of nitrogens with zero attached hydrogens (tertiary/aromatic N) is 4. The van der Waals surface area contributed by atoms with E-state index in [1.54, 1.807) is 0 Å². The number of rotatable bonds is 8. The number of azide groups is 1. The monoisotopic (exact) mass is 312 g/mol. The third-order valence-corrected chi connectivity index (χ3v) is 3.51. The van der Waals surface area contributed by atoms with Gasteiger partial charge in [0.05, 0.1) is 19.3 Å². The zero-order chi connectivity index (χ0) is 16.4. The molecule has 0 aromatic carbocycles. The first-order valence-electron chi connectivity index (χ1n) is 7.79. The molecule has 22 heavy (non-hydrogen) atoms. The van der Waals surface area contributed by atoms with E-state index in [9.17, 15) is 9.59 Å². The number of esters is 1. The van der Waals surface area contributed by atoms with E-state index in [4.69, 9.17) is 15.0 Å². The van der Waals surface area contributed by atoms with E-state index in [1.165, 1.54) is 4.90 Å². The smallest absolute Gasteiger partial charge is 0.410 e. The molecule has 2 atom stereocenters. The van der Waals surface area contributed by atoms with Gasteiger partial charge in [0.15, 0.2) is 0 Å². The summed E-state index contributed by atoms with van der Waals surface area (Å²) in [6.07, 6.45) is 3.22. The molecular weight excluding hydrogens is 288 g/mol. The molecule has 0 unspecified atom stereocenters. The summed E-state index contributed by atoms with van der Waals surface area (Å²) in [4.78, 5) is 28.3. The Balaban J connectivity index is 2.70. The van der Waals surface area contributed by atoms with Crippen LogP contribution in [0.15, 0.2) is 5.11 Å². The molecule has 0 spiro atoms. The second-order valence-electron chi connectivity index (χ2n) is 5.19. The molecule has 0 aromatic rings. The van der Waals surface area contributed by atoms with Crippen molar-refractivity contribution < 1.29 is 19.1 Å². The number of ether oxygens (including phenoxy) is 2. The lowest BCUT2D eigenvalue weighted by atomic mass is 10.1. The average molecular weight is 312 g/mol. The Kier molecular flexibility index (Phi) is 8.14. The Morgan fingerprint density at radius 1 is 1.23 bits per heavy atom. The van der Waals surface area contributed by atoms with Crippen LogP contribution in [0.1, 0.15) is 46.0 Å². The van der Waals surface area contributed by atoms with Crippen molar-refractivity contribution in [3.63, 3.8) is 0 Å². The van der Waals surface area contributed by atoms with E-state index in [-0.39, 0.29) is 0 Å². The number of carbonyl (C=O) groups excluding carboxylic acids is 2. The summed E-state index contributed by atoms with van der Waals surface area (Å²) < 4.78 is 10.3. The fourth-order valence-corrected chi connectivity index (χ4v) is 2.24. The van der Waals surface area contributed by atoms with Gasteiger partial charge in [-0.1, -0.05) is 31.8 Å². The number of carbonyl (C=O) groups is 2. The maximum absolute atomic E-state index is 12.2. The van der Waals surface area contributed by atoms with Gasteiger partial charge in [0.25, 0.3) is 0 Å². The van der Waals surface area contributed by atoms with Crippen LogP contribution in [0.25, 0.3) is 10.4 Å². The van der Waals surface area contributed by atoms with E-state index in [0.717, 1.165) is 25.7 Å². The molecule has 0 aliphatic carbocycles. The highest BCUT2D eigenvalue weighted by Gasteiger charge is 2.43. The topological polar surface area (TPSA) is 105 Å². The van der Waals surface area contributed by atoms with Crippen LogP contribution >= 0.6 is 0 Å². The van der Waals surface area contributed by atoms with Gasteiger partial charge >= 0.3 is 12.1 Å². The third-order valence-electron chi connectivity index (χ3n) is 3.51. The van der Waals surface area contributed by atoms with E-state index >= 15 is 0 Å². The minimum atomic E-state index is -0.887. The maximum Gasteiger partial charge on any atom is 0.410 e. The summed E-state index contributed by atoms with van der Waals surface area (Å²) in [6.45, 7) is 4.92. The highest BCUT2D eigenvalue weighted by atomic mass is 16.6. The van der Waals surface area contributed by atoms with Gasteiger partial charge in [-0.3, -0.25) is 4.90 Å². The van der Waals surface area contributed by atoms with Crippen LogP contribution in [0.3, 0.4) is 0 Å². The summed E-state index contributed by atoms with van der Waals surface area (Å²) in [5, 5.41) is 3.61. The number of hydrogen-bond donors (Lipinski definition) is 0. The van der Waals surface area contributed by atoms with Gasteiger partial charge in [-0.25, -0.2) is 9.59 Å². The predicted octanol–water partition coefficient (Wildman–Crippen LogP) is 3.02. The molecule has 0 saturated carbocycles. The average Bonchev–Trinajstić information content (AvgIpc) is 2.92. The number of unbranched alkanes of at least 4 members (excludes halogenated alkanes) is 2. The standard InChI is InChI=1S/C14H24N4O4/c1-3-5-9-21-13(19)12-11(16-17-15)7-8-18(12)14(20)22-10-6-4-2/h11-12H,3-10H2,1-2H3/t11-,12+/m1/s1. The molecule has 1 aliphatic rings. The van der Waals surface area contributed by atoms with E-state index in [1.807, 2.05) is 13.8 Å². The molecule has 0 N–H and O–H groups in total. The quantitative estimate of drug-likeness (QED) is 0.226. The normalized spacial score (nSPS) is 20.4. The van der Waals surface area contributed by atoms with Crippen LogP contribution in [-0.2, 0) is 14.3 Å². The second-order valence-corrected chi connectivity index (χ2v) is 5.19. The van der Waals surface area contributed by atoms with Crippen LogP contribution in [0, 0.1) is 0 Å². The fourth-order valence-electron chi connectivity index (χ4n) is 2.24. The van der Waals surface area contributed by atoms with Gasteiger partial charge in [-0.2, -0.15) is 0 Å². The zero-order valence-corrected chi connectivity index (χ0v) is 13.2. The van der Waals surface area contributed by atoms with Gasteiger partial charge in [0, 0.05) is 11.5 Å². The van der Waals surface area contributed by atoms with Crippen molar-refractivity contribution in [1.82, 2.24) is 4.90 Å². The summed E-state index contributed by atoms with van der Waals surface area (Å²) in [5.74, 6) is -0.532. The molecule has 8 heteroatoms. The van der Waals surface area contributed by atoms with Crippen LogP contribution in [0.2, 0.25) is 0 Å². The van der Waals surface area contributed by atoms with Crippen LogP contribution in [0.5, 0.6) is 0 Å². The SMILES string of the molecule is CCCCOC(=O)[C@@H]1[C@H](N=[N+]=[N-])CCN1C(=O)OCCCC.